The summed E-state index contributed by atoms with van der Waals surface area (Å²) in [6, 6.07) is 9.40. The van der Waals surface area contributed by atoms with Crippen molar-refractivity contribution in [1.29, 1.82) is 0 Å². The maximum absolute atomic E-state index is 12.9. The van der Waals surface area contributed by atoms with Crippen molar-refractivity contribution in [2.45, 2.75) is 19.5 Å². The van der Waals surface area contributed by atoms with Crippen molar-refractivity contribution in [2.75, 3.05) is 5.75 Å². The van der Waals surface area contributed by atoms with Gasteiger partial charge in [-0.1, -0.05) is 34.6 Å². The molecule has 1 aromatic carbocycles. The number of thioether (sulfide) groups is 1. The number of benzene rings is 1. The van der Waals surface area contributed by atoms with E-state index in [0.717, 1.165) is 33.0 Å². The van der Waals surface area contributed by atoms with E-state index in [4.69, 9.17) is 9.41 Å². The molecule has 138 valence electrons. The first-order valence-corrected chi connectivity index (χ1v) is 10.3. The van der Waals surface area contributed by atoms with Gasteiger partial charge in [0.2, 0.25) is 0 Å². The number of furan rings is 1. The lowest BCUT2D eigenvalue weighted by Gasteiger charge is -2.32. The molecule has 0 saturated carbocycles. The zero-order valence-electron chi connectivity index (χ0n) is 14.6. The Hall–Kier alpha value is -2.32. The topological polar surface area (TPSA) is 70.2 Å². The fourth-order valence-electron chi connectivity index (χ4n) is 2.83. The minimum atomic E-state index is -0.429. The quantitative estimate of drug-likeness (QED) is 0.786. The maximum atomic E-state index is 12.9. The van der Waals surface area contributed by atoms with Gasteiger partial charge in [-0.3, -0.25) is 15.1 Å². The van der Waals surface area contributed by atoms with Gasteiger partial charge in [0, 0.05) is 15.4 Å². The molecule has 0 radical (unpaired) electrons. The van der Waals surface area contributed by atoms with Gasteiger partial charge in [-0.05, 0) is 48.9 Å². The number of carbonyl (C=O) groups excluding carboxylic acids is 1. The molecule has 1 aromatic heterocycles. The van der Waals surface area contributed by atoms with Gasteiger partial charge in [0.1, 0.15) is 11.5 Å². The average molecular weight is 445 g/mol. The molecule has 2 aromatic rings. The number of rotatable bonds is 4. The van der Waals surface area contributed by atoms with Gasteiger partial charge in [-0.15, -0.1) is 5.10 Å². The zero-order chi connectivity index (χ0) is 18.8. The molecule has 0 bridgehead atoms. The van der Waals surface area contributed by atoms with Crippen LogP contribution in [0.5, 0.6) is 0 Å². The van der Waals surface area contributed by atoms with E-state index < -0.39 is 6.17 Å². The number of amidine groups is 1. The van der Waals surface area contributed by atoms with Crippen LogP contribution in [-0.4, -0.2) is 28.0 Å². The molecule has 2 aliphatic rings. The van der Waals surface area contributed by atoms with Crippen molar-refractivity contribution in [3.05, 3.63) is 63.5 Å². The van der Waals surface area contributed by atoms with Crippen LogP contribution in [0.4, 0.5) is 0 Å². The predicted molar refractivity (Wildman–Crippen MR) is 110 cm³/mol. The van der Waals surface area contributed by atoms with E-state index in [-0.39, 0.29) is 5.91 Å². The largest absolute Gasteiger partial charge is 0.465 e. The summed E-state index contributed by atoms with van der Waals surface area (Å²) >= 11 is 5.00. The van der Waals surface area contributed by atoms with E-state index in [1.165, 1.54) is 11.8 Å². The standard InChI is InChI=1S/C19H17BrN4O2S/c1-2-10-27-19-22-18(25)17-14-11-12(20)5-7-15(14)21-16(24(17)23-19)8-6-13-4-3-9-26-13/h3-9,11,16H,2,10H2,1H3,(H,22,23,25)/b8-6+/t16-/m0/s1. The first kappa shape index (κ1) is 18.1. The third kappa shape index (κ3) is 3.72. The van der Waals surface area contributed by atoms with E-state index in [0.29, 0.717) is 10.9 Å². The first-order valence-electron chi connectivity index (χ1n) is 8.57. The maximum Gasteiger partial charge on any atom is 0.276 e. The highest BCUT2D eigenvalue weighted by atomic mass is 79.9. The number of amides is 1. The number of carbonyl (C=O) groups is 1. The first-order chi connectivity index (χ1) is 13.2. The van der Waals surface area contributed by atoms with Gasteiger partial charge in [-0.2, -0.15) is 0 Å². The highest BCUT2D eigenvalue weighted by Gasteiger charge is 2.32. The van der Waals surface area contributed by atoms with Crippen LogP contribution in [0.25, 0.3) is 11.8 Å². The van der Waals surface area contributed by atoms with Crippen LogP contribution in [0.3, 0.4) is 0 Å². The van der Waals surface area contributed by atoms with Gasteiger partial charge >= 0.3 is 0 Å². The summed E-state index contributed by atoms with van der Waals surface area (Å²) in [6.07, 6.45) is 5.92. The number of fused-ring (bicyclic) bond motifs is 2. The van der Waals surface area contributed by atoms with Crippen molar-refractivity contribution in [3.63, 3.8) is 0 Å². The van der Waals surface area contributed by atoms with Crippen molar-refractivity contribution in [3.8, 4) is 0 Å². The van der Waals surface area contributed by atoms with E-state index in [9.17, 15) is 4.79 Å². The van der Waals surface area contributed by atoms with Gasteiger partial charge in [-0.25, -0.2) is 5.01 Å². The number of nitrogens with zero attached hydrogens (tertiary/aromatic N) is 3. The van der Waals surface area contributed by atoms with Crippen LogP contribution in [-0.2, 0) is 4.79 Å². The van der Waals surface area contributed by atoms with Crippen LogP contribution in [0.2, 0.25) is 0 Å². The third-order valence-corrected chi connectivity index (χ3v) is 5.58. The fourth-order valence-corrected chi connectivity index (χ4v) is 3.90. The Kier molecular flexibility index (Phi) is 5.18. The van der Waals surface area contributed by atoms with Crippen LogP contribution < -0.4 is 15.9 Å². The summed E-state index contributed by atoms with van der Waals surface area (Å²) in [7, 11) is 0. The lowest BCUT2D eigenvalue weighted by atomic mass is 10.1. The monoisotopic (exact) mass is 444 g/mol. The van der Waals surface area contributed by atoms with E-state index >= 15 is 0 Å². The number of nitrogens with one attached hydrogen (secondary N) is 1. The molecular formula is C19H17BrN4O2S. The lowest BCUT2D eigenvalue weighted by molar-refractivity contribution is -0.116. The Balaban J connectivity index is 1.82. The number of hydrogen-bond donors (Lipinski definition) is 1. The molecule has 0 spiro atoms. The summed E-state index contributed by atoms with van der Waals surface area (Å²) in [6.45, 7) is 2.09. The molecule has 2 aliphatic heterocycles. The molecule has 0 fully saturated rings. The molecule has 6 nitrogen and oxygen atoms in total. The molecule has 0 unspecified atom stereocenters. The predicted octanol–water partition coefficient (Wildman–Crippen LogP) is 2.67. The normalized spacial score (nSPS) is 18.7. The summed E-state index contributed by atoms with van der Waals surface area (Å²) < 4.78 is 6.25. The van der Waals surface area contributed by atoms with Crippen molar-refractivity contribution in [2.24, 2.45) is 10.1 Å². The van der Waals surface area contributed by atoms with Gasteiger partial charge in [0.05, 0.1) is 11.6 Å². The van der Waals surface area contributed by atoms with E-state index in [1.54, 1.807) is 11.3 Å². The van der Waals surface area contributed by atoms with E-state index in [1.807, 2.05) is 42.5 Å². The van der Waals surface area contributed by atoms with Gasteiger partial charge in [0.15, 0.2) is 11.3 Å². The molecule has 27 heavy (non-hydrogen) atoms. The summed E-state index contributed by atoms with van der Waals surface area (Å²) in [5.41, 5.74) is 0.497. The molecule has 0 saturated heterocycles. The molecule has 1 amide bonds. The van der Waals surface area contributed by atoms with Crippen LogP contribution >= 0.6 is 27.7 Å². The van der Waals surface area contributed by atoms with Crippen LogP contribution in [0, 0.1) is 0 Å². The summed E-state index contributed by atoms with van der Waals surface area (Å²) in [5.74, 6) is 1.43. The molecule has 1 atom stereocenters. The minimum Gasteiger partial charge on any atom is -0.465 e. The van der Waals surface area contributed by atoms with Crippen LogP contribution in [0.1, 0.15) is 19.1 Å². The molecular weight excluding hydrogens is 428 g/mol. The Bertz CT molecular complexity index is 1050. The second kappa shape index (κ2) is 7.74. The lowest BCUT2D eigenvalue weighted by Crippen LogP contribution is -2.52. The summed E-state index contributed by atoms with van der Waals surface area (Å²) in [4.78, 5) is 17.6. The minimum absolute atomic E-state index is 0.172. The Morgan fingerprint density at radius 2 is 2.30 bits per heavy atom. The second-order valence-electron chi connectivity index (χ2n) is 5.98. The van der Waals surface area contributed by atoms with Crippen molar-refractivity contribution >= 4 is 50.5 Å². The second-order valence-corrected chi connectivity index (χ2v) is 7.98. The molecule has 3 heterocycles. The van der Waals surface area contributed by atoms with Gasteiger partial charge in [0.25, 0.3) is 5.91 Å². The molecule has 8 heteroatoms. The smallest absolute Gasteiger partial charge is 0.276 e. The Morgan fingerprint density at radius 1 is 1.41 bits per heavy atom. The fraction of sp³-hybridized carbons (Fsp3) is 0.211. The molecule has 1 N–H and O–H groups in total. The third-order valence-electron chi connectivity index (χ3n) is 4.02. The molecule has 0 aliphatic carbocycles. The van der Waals surface area contributed by atoms with E-state index in [2.05, 4.69) is 33.3 Å². The highest BCUT2D eigenvalue weighted by Crippen LogP contribution is 2.22. The highest BCUT2D eigenvalue weighted by molar-refractivity contribution is 9.10. The average Bonchev–Trinajstić information content (AvgIpc) is 3.18. The van der Waals surface area contributed by atoms with Crippen LogP contribution in [0.15, 0.2) is 61.7 Å². The van der Waals surface area contributed by atoms with Crippen molar-refractivity contribution < 1.29 is 9.21 Å². The Morgan fingerprint density at radius 3 is 3.07 bits per heavy atom. The SMILES string of the molecule is CCCSC1=NN2C(=c3cc(Br)ccc3=N[C@@H]2/C=C/c2ccco2)C(=O)N1. The van der Waals surface area contributed by atoms with Gasteiger partial charge < -0.3 is 4.42 Å². The molecule has 4 rings (SSSR count). The van der Waals surface area contributed by atoms with Crippen molar-refractivity contribution in [1.82, 2.24) is 10.3 Å². The number of halogens is 1. The number of hydrogen-bond acceptors (Lipinski definition) is 6. The summed E-state index contributed by atoms with van der Waals surface area (Å²) in [5, 5.41) is 11.3. The number of hydrazone groups is 1. The Labute approximate surface area is 168 Å². The zero-order valence-corrected chi connectivity index (χ0v) is 17.0.